The van der Waals surface area contributed by atoms with Gasteiger partial charge in [-0.2, -0.15) is 0 Å². The first-order chi connectivity index (χ1) is 8.74. The molecule has 18 heavy (non-hydrogen) atoms. The summed E-state index contributed by atoms with van der Waals surface area (Å²) in [6.45, 7) is 0.607. The van der Waals surface area contributed by atoms with Crippen LogP contribution in [0.1, 0.15) is 5.82 Å². The maximum atomic E-state index is 4.39. The van der Waals surface area contributed by atoms with Crippen LogP contribution in [0.4, 0.5) is 5.82 Å². The minimum absolute atomic E-state index is 0.607. The summed E-state index contributed by atoms with van der Waals surface area (Å²) in [5.74, 6) is 1.68. The molecule has 0 aliphatic carbocycles. The third-order valence-corrected chi connectivity index (χ3v) is 3.06. The van der Waals surface area contributed by atoms with Crippen LogP contribution in [0.3, 0.4) is 0 Å². The van der Waals surface area contributed by atoms with Crippen molar-refractivity contribution in [2.45, 2.75) is 6.54 Å². The standard InChI is InChI=1S/C11H11BrN6/c1-17-4-2-13-9(17)6-15-10-11-14-3-5-18(11)7-8(12)16-10/h2-5,7H,6H2,1H3,(H,15,16). The molecule has 3 rings (SSSR count). The molecular weight excluding hydrogens is 296 g/mol. The fourth-order valence-corrected chi connectivity index (χ4v) is 2.15. The summed E-state index contributed by atoms with van der Waals surface area (Å²) < 4.78 is 4.64. The van der Waals surface area contributed by atoms with Crippen LogP contribution in [-0.2, 0) is 13.6 Å². The van der Waals surface area contributed by atoms with Gasteiger partial charge in [0.15, 0.2) is 11.5 Å². The lowest BCUT2D eigenvalue weighted by Gasteiger charge is -2.07. The van der Waals surface area contributed by atoms with E-state index in [4.69, 9.17) is 0 Å². The molecule has 3 heterocycles. The molecule has 0 saturated heterocycles. The predicted molar refractivity (Wildman–Crippen MR) is 71.2 cm³/mol. The Morgan fingerprint density at radius 1 is 1.28 bits per heavy atom. The van der Waals surface area contributed by atoms with Gasteiger partial charge >= 0.3 is 0 Å². The number of aryl methyl sites for hydroxylation is 1. The first kappa shape index (κ1) is 11.2. The van der Waals surface area contributed by atoms with Gasteiger partial charge < -0.3 is 14.3 Å². The Hall–Kier alpha value is -1.89. The zero-order valence-corrected chi connectivity index (χ0v) is 11.3. The van der Waals surface area contributed by atoms with Crippen LogP contribution in [0.25, 0.3) is 5.65 Å². The van der Waals surface area contributed by atoms with Crippen LogP contribution in [0.2, 0.25) is 0 Å². The zero-order chi connectivity index (χ0) is 12.5. The second-order valence-corrected chi connectivity index (χ2v) is 4.69. The van der Waals surface area contributed by atoms with Crippen LogP contribution in [-0.4, -0.2) is 23.9 Å². The highest BCUT2D eigenvalue weighted by atomic mass is 79.9. The van der Waals surface area contributed by atoms with Gasteiger partial charge in [-0.1, -0.05) is 0 Å². The van der Waals surface area contributed by atoms with Crippen LogP contribution >= 0.6 is 15.9 Å². The van der Waals surface area contributed by atoms with Gasteiger partial charge in [-0.05, 0) is 15.9 Å². The third kappa shape index (κ3) is 1.97. The van der Waals surface area contributed by atoms with E-state index in [0.29, 0.717) is 6.54 Å². The number of aromatic nitrogens is 5. The minimum Gasteiger partial charge on any atom is -0.360 e. The van der Waals surface area contributed by atoms with Gasteiger partial charge in [0.2, 0.25) is 0 Å². The Morgan fingerprint density at radius 2 is 2.11 bits per heavy atom. The molecule has 0 saturated carbocycles. The van der Waals surface area contributed by atoms with E-state index in [1.54, 1.807) is 12.4 Å². The van der Waals surface area contributed by atoms with Gasteiger partial charge in [0.05, 0.1) is 6.54 Å². The molecule has 0 unspecified atom stereocenters. The van der Waals surface area contributed by atoms with Crippen molar-refractivity contribution in [3.63, 3.8) is 0 Å². The number of imidazole rings is 2. The summed E-state index contributed by atoms with van der Waals surface area (Å²) in [5, 5.41) is 3.25. The lowest BCUT2D eigenvalue weighted by molar-refractivity contribution is 0.810. The highest BCUT2D eigenvalue weighted by Crippen LogP contribution is 2.17. The molecule has 0 aliphatic rings. The van der Waals surface area contributed by atoms with Gasteiger partial charge in [-0.15, -0.1) is 0 Å². The summed E-state index contributed by atoms with van der Waals surface area (Å²) in [4.78, 5) is 12.9. The van der Waals surface area contributed by atoms with E-state index in [2.05, 4.69) is 36.2 Å². The van der Waals surface area contributed by atoms with E-state index in [1.165, 1.54) is 0 Å². The Balaban J connectivity index is 1.90. The van der Waals surface area contributed by atoms with Crippen molar-refractivity contribution < 1.29 is 0 Å². The van der Waals surface area contributed by atoms with Crippen LogP contribution in [0.15, 0.2) is 35.6 Å². The van der Waals surface area contributed by atoms with Crippen LogP contribution in [0, 0.1) is 0 Å². The lowest BCUT2D eigenvalue weighted by Crippen LogP contribution is -2.08. The number of nitrogens with one attached hydrogen (secondary N) is 1. The largest absolute Gasteiger partial charge is 0.360 e. The maximum absolute atomic E-state index is 4.39. The van der Waals surface area contributed by atoms with Gasteiger partial charge in [0.1, 0.15) is 10.4 Å². The Morgan fingerprint density at radius 3 is 2.89 bits per heavy atom. The highest BCUT2D eigenvalue weighted by molar-refractivity contribution is 9.10. The normalized spacial score (nSPS) is 11.0. The number of anilines is 1. The van der Waals surface area contributed by atoms with E-state index >= 15 is 0 Å². The van der Waals surface area contributed by atoms with Crippen molar-refractivity contribution in [1.82, 2.24) is 23.9 Å². The van der Waals surface area contributed by atoms with Gasteiger partial charge in [0.25, 0.3) is 0 Å². The van der Waals surface area contributed by atoms with E-state index in [-0.39, 0.29) is 0 Å². The molecule has 1 N–H and O–H groups in total. The molecule has 3 aromatic rings. The fraction of sp³-hybridized carbons (Fsp3) is 0.182. The van der Waals surface area contributed by atoms with Gasteiger partial charge in [-0.3, -0.25) is 0 Å². The average molecular weight is 307 g/mol. The second kappa shape index (κ2) is 4.41. The van der Waals surface area contributed by atoms with Gasteiger partial charge in [0, 0.05) is 38.0 Å². The van der Waals surface area contributed by atoms with E-state index in [9.17, 15) is 0 Å². The molecule has 0 amide bonds. The average Bonchev–Trinajstić information content (AvgIpc) is 2.94. The quantitative estimate of drug-likeness (QED) is 0.802. The lowest BCUT2D eigenvalue weighted by atomic mass is 10.5. The number of halogens is 1. The maximum Gasteiger partial charge on any atom is 0.180 e. The molecule has 92 valence electrons. The van der Waals surface area contributed by atoms with Gasteiger partial charge in [-0.25, -0.2) is 15.0 Å². The first-order valence-electron chi connectivity index (χ1n) is 5.43. The van der Waals surface area contributed by atoms with Crippen molar-refractivity contribution in [2.75, 3.05) is 5.32 Å². The molecule has 0 atom stereocenters. The Bertz CT molecular complexity index is 686. The third-order valence-electron chi connectivity index (χ3n) is 2.68. The minimum atomic E-state index is 0.607. The van der Waals surface area contributed by atoms with Crippen molar-refractivity contribution in [2.24, 2.45) is 7.05 Å². The predicted octanol–water partition coefficient (Wildman–Crippen LogP) is 1.84. The molecule has 3 aromatic heterocycles. The molecule has 0 radical (unpaired) electrons. The summed E-state index contributed by atoms with van der Waals surface area (Å²) in [6.07, 6.45) is 9.18. The van der Waals surface area contributed by atoms with Crippen molar-refractivity contribution in [3.05, 3.63) is 41.4 Å². The number of fused-ring (bicyclic) bond motifs is 1. The molecule has 0 aliphatic heterocycles. The molecule has 0 bridgehead atoms. The number of rotatable bonds is 3. The number of hydrogen-bond acceptors (Lipinski definition) is 4. The molecular formula is C11H11BrN6. The zero-order valence-electron chi connectivity index (χ0n) is 9.71. The fourth-order valence-electron chi connectivity index (χ4n) is 1.75. The van der Waals surface area contributed by atoms with Crippen molar-refractivity contribution in [3.8, 4) is 0 Å². The summed E-state index contributed by atoms with van der Waals surface area (Å²) in [6, 6.07) is 0. The molecule has 6 nitrogen and oxygen atoms in total. The summed E-state index contributed by atoms with van der Waals surface area (Å²) in [7, 11) is 1.96. The number of hydrogen-bond donors (Lipinski definition) is 1. The van der Waals surface area contributed by atoms with E-state index in [0.717, 1.165) is 21.9 Å². The Labute approximate surface area is 112 Å². The second-order valence-electron chi connectivity index (χ2n) is 3.88. The first-order valence-corrected chi connectivity index (χ1v) is 6.22. The monoisotopic (exact) mass is 306 g/mol. The smallest absolute Gasteiger partial charge is 0.180 e. The molecule has 0 fully saturated rings. The van der Waals surface area contributed by atoms with E-state index < -0.39 is 0 Å². The van der Waals surface area contributed by atoms with Crippen molar-refractivity contribution in [1.29, 1.82) is 0 Å². The summed E-state index contributed by atoms with van der Waals surface area (Å²) in [5.41, 5.74) is 0.799. The number of nitrogens with zero attached hydrogens (tertiary/aromatic N) is 5. The molecule has 0 aromatic carbocycles. The highest BCUT2D eigenvalue weighted by Gasteiger charge is 2.07. The molecule has 7 heteroatoms. The van der Waals surface area contributed by atoms with Crippen LogP contribution < -0.4 is 5.32 Å². The summed E-state index contributed by atoms with van der Waals surface area (Å²) >= 11 is 3.38. The SMILES string of the molecule is Cn1ccnc1CNc1nc(Br)cn2ccnc12. The van der Waals surface area contributed by atoms with Crippen molar-refractivity contribution >= 4 is 27.4 Å². The topological polar surface area (TPSA) is 60.0 Å². The Kier molecular flexibility index (Phi) is 2.75. The molecule has 0 spiro atoms. The van der Waals surface area contributed by atoms with Crippen LogP contribution in [0.5, 0.6) is 0 Å². The van der Waals surface area contributed by atoms with E-state index in [1.807, 2.05) is 34.6 Å².